The van der Waals surface area contributed by atoms with Crippen LogP contribution in [-0.2, 0) is 4.74 Å². The monoisotopic (exact) mass is 166 g/mol. The molecule has 0 aliphatic carbocycles. The maximum Gasteiger partial charge on any atom is 0.377 e. The van der Waals surface area contributed by atoms with Crippen LogP contribution in [0.4, 0.5) is 0 Å². The molecule has 0 radical (unpaired) electrons. The second-order valence-corrected chi connectivity index (χ2v) is 2.00. The predicted molar refractivity (Wildman–Crippen MR) is 37.1 cm³/mol. The van der Waals surface area contributed by atoms with Crippen molar-refractivity contribution >= 4 is 5.97 Å². The third-order valence-electron chi connectivity index (χ3n) is 1.20. The molecular formula is C7H6N2O3. The summed E-state index contributed by atoms with van der Waals surface area (Å²) in [6.07, 6.45) is 1.15. The summed E-state index contributed by atoms with van der Waals surface area (Å²) >= 11 is 0. The SMILES string of the molecule is Cc1ncoc1C(=O)OCC#N. The van der Waals surface area contributed by atoms with E-state index in [-0.39, 0.29) is 12.4 Å². The number of carbonyl (C=O) groups excluding carboxylic acids is 1. The minimum atomic E-state index is -0.661. The van der Waals surface area contributed by atoms with Crippen LogP contribution in [0.5, 0.6) is 0 Å². The van der Waals surface area contributed by atoms with Gasteiger partial charge in [-0.3, -0.25) is 0 Å². The lowest BCUT2D eigenvalue weighted by Crippen LogP contribution is -2.05. The van der Waals surface area contributed by atoms with Gasteiger partial charge in [0, 0.05) is 0 Å². The fourth-order valence-electron chi connectivity index (χ4n) is 0.661. The number of hydrogen-bond acceptors (Lipinski definition) is 5. The molecule has 0 aliphatic heterocycles. The van der Waals surface area contributed by atoms with Gasteiger partial charge in [0.2, 0.25) is 5.76 Å². The smallest absolute Gasteiger partial charge is 0.377 e. The summed E-state index contributed by atoms with van der Waals surface area (Å²) in [7, 11) is 0. The van der Waals surface area contributed by atoms with Gasteiger partial charge in [-0.05, 0) is 6.92 Å². The first-order valence-electron chi connectivity index (χ1n) is 3.20. The van der Waals surface area contributed by atoms with E-state index in [0.29, 0.717) is 5.69 Å². The molecule has 1 heterocycles. The quantitative estimate of drug-likeness (QED) is 0.603. The normalized spacial score (nSPS) is 9.00. The van der Waals surface area contributed by atoms with Gasteiger partial charge in [0.25, 0.3) is 0 Å². The number of ether oxygens (including phenoxy) is 1. The van der Waals surface area contributed by atoms with E-state index in [1.807, 2.05) is 0 Å². The van der Waals surface area contributed by atoms with Crippen molar-refractivity contribution in [2.24, 2.45) is 0 Å². The molecule has 62 valence electrons. The lowest BCUT2D eigenvalue weighted by Gasteiger charge is -1.95. The van der Waals surface area contributed by atoms with Crippen LogP contribution in [0.15, 0.2) is 10.8 Å². The third-order valence-corrected chi connectivity index (χ3v) is 1.20. The van der Waals surface area contributed by atoms with Gasteiger partial charge in [0.1, 0.15) is 6.07 Å². The van der Waals surface area contributed by atoms with Gasteiger partial charge in [-0.15, -0.1) is 0 Å². The molecule has 0 aliphatic rings. The summed E-state index contributed by atoms with van der Waals surface area (Å²) in [5.74, 6) is -0.614. The second-order valence-electron chi connectivity index (χ2n) is 2.00. The molecule has 0 saturated heterocycles. The summed E-state index contributed by atoms with van der Waals surface area (Å²) in [6, 6.07) is 1.67. The van der Waals surface area contributed by atoms with Gasteiger partial charge in [0.15, 0.2) is 13.0 Å². The molecule has 5 nitrogen and oxygen atoms in total. The van der Waals surface area contributed by atoms with E-state index >= 15 is 0 Å². The fourth-order valence-corrected chi connectivity index (χ4v) is 0.661. The Morgan fingerprint density at radius 1 is 1.92 bits per heavy atom. The first-order chi connectivity index (χ1) is 5.75. The molecule has 1 rings (SSSR count). The Bertz CT molecular complexity index is 324. The van der Waals surface area contributed by atoms with Crippen molar-refractivity contribution in [2.45, 2.75) is 6.92 Å². The van der Waals surface area contributed by atoms with Crippen LogP contribution in [0.25, 0.3) is 0 Å². The molecule has 1 aromatic heterocycles. The lowest BCUT2D eigenvalue weighted by atomic mass is 10.4. The van der Waals surface area contributed by atoms with Crippen LogP contribution in [-0.4, -0.2) is 17.6 Å². The Morgan fingerprint density at radius 3 is 3.17 bits per heavy atom. The number of nitrogens with zero attached hydrogens (tertiary/aromatic N) is 2. The van der Waals surface area contributed by atoms with Crippen molar-refractivity contribution in [3.8, 4) is 6.07 Å². The number of rotatable bonds is 2. The number of hydrogen-bond donors (Lipinski definition) is 0. The Hall–Kier alpha value is -1.83. The Kier molecular flexibility index (Phi) is 2.43. The van der Waals surface area contributed by atoms with E-state index in [9.17, 15) is 4.79 Å². The summed E-state index contributed by atoms with van der Waals surface area (Å²) in [6.45, 7) is 1.34. The molecule has 0 N–H and O–H groups in total. The number of aryl methyl sites for hydroxylation is 1. The highest BCUT2D eigenvalue weighted by atomic mass is 16.5. The van der Waals surface area contributed by atoms with Crippen LogP contribution in [0, 0.1) is 18.3 Å². The number of oxazole rings is 1. The highest BCUT2D eigenvalue weighted by molar-refractivity contribution is 5.87. The summed E-state index contributed by atoms with van der Waals surface area (Å²) in [4.78, 5) is 14.7. The molecule has 0 atom stereocenters. The summed E-state index contributed by atoms with van der Waals surface area (Å²) in [5, 5.41) is 8.11. The van der Waals surface area contributed by atoms with Crippen LogP contribution >= 0.6 is 0 Å². The molecule has 0 spiro atoms. The largest absolute Gasteiger partial charge is 0.444 e. The van der Waals surface area contributed by atoms with Crippen molar-refractivity contribution in [3.63, 3.8) is 0 Å². The van der Waals surface area contributed by atoms with E-state index < -0.39 is 5.97 Å². The summed E-state index contributed by atoms with van der Waals surface area (Å²) < 4.78 is 9.21. The van der Waals surface area contributed by atoms with Gasteiger partial charge < -0.3 is 9.15 Å². The Balaban J connectivity index is 2.67. The van der Waals surface area contributed by atoms with Gasteiger partial charge >= 0.3 is 5.97 Å². The molecule has 0 amide bonds. The topological polar surface area (TPSA) is 76.1 Å². The first kappa shape index (κ1) is 8.27. The van der Waals surface area contributed by atoms with E-state index in [1.54, 1.807) is 13.0 Å². The minimum Gasteiger partial charge on any atom is -0.444 e. The molecule has 0 aromatic carbocycles. The predicted octanol–water partition coefficient (Wildman–Crippen LogP) is 0.663. The fraction of sp³-hybridized carbons (Fsp3) is 0.286. The molecule has 0 fully saturated rings. The molecule has 0 unspecified atom stereocenters. The number of carbonyl (C=O) groups is 1. The molecule has 0 bridgehead atoms. The van der Waals surface area contributed by atoms with E-state index in [4.69, 9.17) is 9.68 Å². The standard InChI is InChI=1S/C7H6N2O3/c1-5-6(12-4-9-5)7(10)11-3-2-8/h4H,3H2,1H3. The van der Waals surface area contributed by atoms with Crippen LogP contribution < -0.4 is 0 Å². The van der Waals surface area contributed by atoms with E-state index in [0.717, 1.165) is 6.39 Å². The van der Waals surface area contributed by atoms with Crippen molar-refractivity contribution in [2.75, 3.05) is 6.61 Å². The van der Waals surface area contributed by atoms with Crippen molar-refractivity contribution in [1.29, 1.82) is 5.26 Å². The minimum absolute atomic E-state index is 0.0465. The van der Waals surface area contributed by atoms with E-state index in [1.165, 1.54) is 0 Å². The third kappa shape index (κ3) is 1.61. The van der Waals surface area contributed by atoms with Crippen molar-refractivity contribution in [1.82, 2.24) is 4.98 Å². The van der Waals surface area contributed by atoms with Crippen LogP contribution in [0.1, 0.15) is 16.2 Å². The summed E-state index contributed by atoms with van der Waals surface area (Å²) in [5.41, 5.74) is 0.456. The van der Waals surface area contributed by atoms with Crippen molar-refractivity contribution in [3.05, 3.63) is 17.8 Å². The zero-order valence-electron chi connectivity index (χ0n) is 6.40. The molecule has 5 heteroatoms. The highest BCUT2D eigenvalue weighted by Gasteiger charge is 2.14. The number of aromatic nitrogens is 1. The van der Waals surface area contributed by atoms with Crippen molar-refractivity contribution < 1.29 is 13.9 Å². The number of esters is 1. The van der Waals surface area contributed by atoms with Gasteiger partial charge in [-0.25, -0.2) is 9.78 Å². The zero-order valence-corrected chi connectivity index (χ0v) is 6.40. The van der Waals surface area contributed by atoms with Gasteiger partial charge in [0.05, 0.1) is 5.69 Å². The molecule has 12 heavy (non-hydrogen) atoms. The Morgan fingerprint density at radius 2 is 2.67 bits per heavy atom. The van der Waals surface area contributed by atoms with Crippen LogP contribution in [0.3, 0.4) is 0 Å². The second kappa shape index (κ2) is 3.53. The average molecular weight is 166 g/mol. The highest BCUT2D eigenvalue weighted by Crippen LogP contribution is 2.05. The zero-order chi connectivity index (χ0) is 8.97. The first-order valence-corrected chi connectivity index (χ1v) is 3.20. The van der Waals surface area contributed by atoms with Gasteiger partial charge in [-0.1, -0.05) is 0 Å². The van der Waals surface area contributed by atoms with E-state index in [2.05, 4.69) is 9.72 Å². The number of nitriles is 1. The molecule has 1 aromatic rings. The molecule has 0 saturated carbocycles. The van der Waals surface area contributed by atoms with Gasteiger partial charge in [-0.2, -0.15) is 5.26 Å². The lowest BCUT2D eigenvalue weighted by molar-refractivity contribution is 0.0518. The Labute approximate surface area is 68.6 Å². The maximum absolute atomic E-state index is 11.0. The van der Waals surface area contributed by atoms with Crippen LogP contribution in [0.2, 0.25) is 0 Å². The maximum atomic E-state index is 11.0. The average Bonchev–Trinajstić information content (AvgIpc) is 2.47. The molecular weight excluding hydrogens is 160 g/mol.